The molecule has 0 bridgehead atoms. The molecule has 0 saturated carbocycles. The summed E-state index contributed by atoms with van der Waals surface area (Å²) in [5.41, 5.74) is 0. The van der Waals surface area contributed by atoms with Gasteiger partial charge in [-0.25, -0.2) is 4.79 Å². The Hall–Kier alpha value is -0.770. The molecular formula is C10H21NO3. The first-order valence-electron chi connectivity index (χ1n) is 5.18. The molecule has 0 spiro atoms. The third-order valence-electron chi connectivity index (χ3n) is 2.29. The van der Waals surface area contributed by atoms with Crippen LogP contribution in [-0.4, -0.2) is 31.0 Å². The van der Waals surface area contributed by atoms with Gasteiger partial charge < -0.3 is 15.2 Å². The van der Waals surface area contributed by atoms with Gasteiger partial charge in [-0.15, -0.1) is 0 Å². The number of aliphatic hydroxyl groups is 1. The number of carbonyl (C=O) groups excluding carboxylic acids is 1. The molecule has 0 aromatic carbocycles. The molecule has 0 radical (unpaired) electrons. The van der Waals surface area contributed by atoms with Gasteiger partial charge >= 0.3 is 6.09 Å². The van der Waals surface area contributed by atoms with Crippen molar-refractivity contribution >= 4 is 6.09 Å². The molecule has 4 nitrogen and oxygen atoms in total. The van der Waals surface area contributed by atoms with Crippen molar-refractivity contribution in [2.24, 2.45) is 5.92 Å². The number of hydrogen-bond donors (Lipinski definition) is 2. The van der Waals surface area contributed by atoms with Crippen molar-refractivity contribution in [2.75, 3.05) is 13.7 Å². The fraction of sp³-hybridized carbons (Fsp3) is 0.900. The minimum absolute atomic E-state index is 0.0484. The Balaban J connectivity index is 3.83. The van der Waals surface area contributed by atoms with Crippen LogP contribution in [0.25, 0.3) is 0 Å². The van der Waals surface area contributed by atoms with Crippen molar-refractivity contribution in [1.29, 1.82) is 0 Å². The van der Waals surface area contributed by atoms with Gasteiger partial charge in [0.25, 0.3) is 0 Å². The lowest BCUT2D eigenvalue weighted by molar-refractivity contribution is 0.0465. The molecule has 0 aliphatic heterocycles. The van der Waals surface area contributed by atoms with E-state index in [1.54, 1.807) is 0 Å². The number of rotatable bonds is 6. The molecule has 2 unspecified atom stereocenters. The monoisotopic (exact) mass is 203 g/mol. The zero-order valence-corrected chi connectivity index (χ0v) is 9.25. The molecule has 4 heteroatoms. The SMILES string of the molecule is CCCC(O)C(CC)COC(=O)NC. The number of carbonyl (C=O) groups is 1. The molecular weight excluding hydrogens is 182 g/mol. The van der Waals surface area contributed by atoms with Crippen molar-refractivity contribution < 1.29 is 14.6 Å². The van der Waals surface area contributed by atoms with Gasteiger partial charge in [0.15, 0.2) is 0 Å². The number of ether oxygens (including phenoxy) is 1. The molecule has 0 fully saturated rings. The van der Waals surface area contributed by atoms with E-state index < -0.39 is 6.09 Å². The Kier molecular flexibility index (Phi) is 7.20. The highest BCUT2D eigenvalue weighted by Crippen LogP contribution is 2.13. The molecule has 0 aliphatic carbocycles. The third kappa shape index (κ3) is 5.07. The van der Waals surface area contributed by atoms with Gasteiger partial charge in [-0.2, -0.15) is 0 Å². The second-order valence-electron chi connectivity index (χ2n) is 3.37. The van der Waals surface area contributed by atoms with E-state index in [0.717, 1.165) is 19.3 Å². The van der Waals surface area contributed by atoms with E-state index in [-0.39, 0.29) is 18.6 Å². The zero-order valence-electron chi connectivity index (χ0n) is 9.25. The Morgan fingerprint density at radius 1 is 1.50 bits per heavy atom. The quantitative estimate of drug-likeness (QED) is 0.688. The normalized spacial score (nSPS) is 14.6. The van der Waals surface area contributed by atoms with Crippen LogP contribution in [0, 0.1) is 5.92 Å². The number of nitrogens with one attached hydrogen (secondary N) is 1. The van der Waals surface area contributed by atoms with Crippen molar-refractivity contribution in [1.82, 2.24) is 5.32 Å². The highest BCUT2D eigenvalue weighted by molar-refractivity contribution is 5.66. The van der Waals surface area contributed by atoms with E-state index in [1.165, 1.54) is 7.05 Å². The standard InChI is InChI=1S/C10H21NO3/c1-4-6-9(12)8(5-2)7-14-10(13)11-3/h8-9,12H,4-7H2,1-3H3,(H,11,13). The van der Waals surface area contributed by atoms with Crippen LogP contribution in [0.5, 0.6) is 0 Å². The van der Waals surface area contributed by atoms with Crippen LogP contribution in [-0.2, 0) is 4.74 Å². The highest BCUT2D eigenvalue weighted by Gasteiger charge is 2.18. The molecule has 2 atom stereocenters. The van der Waals surface area contributed by atoms with Crippen molar-refractivity contribution in [3.63, 3.8) is 0 Å². The molecule has 84 valence electrons. The molecule has 0 saturated heterocycles. The van der Waals surface area contributed by atoms with Gasteiger partial charge in [0.05, 0.1) is 12.7 Å². The highest BCUT2D eigenvalue weighted by atomic mass is 16.5. The maximum atomic E-state index is 10.8. The van der Waals surface area contributed by atoms with E-state index in [9.17, 15) is 9.90 Å². The summed E-state index contributed by atoms with van der Waals surface area (Å²) in [7, 11) is 1.52. The zero-order chi connectivity index (χ0) is 11.0. The number of amides is 1. The topological polar surface area (TPSA) is 58.6 Å². The number of hydrogen-bond acceptors (Lipinski definition) is 3. The molecule has 2 N–H and O–H groups in total. The van der Waals surface area contributed by atoms with E-state index >= 15 is 0 Å². The van der Waals surface area contributed by atoms with Gasteiger partial charge in [-0.3, -0.25) is 0 Å². The molecule has 0 aromatic heterocycles. The lowest BCUT2D eigenvalue weighted by Crippen LogP contribution is -2.28. The molecule has 0 aromatic rings. The number of alkyl carbamates (subject to hydrolysis) is 1. The summed E-state index contributed by atoms with van der Waals surface area (Å²) < 4.78 is 4.90. The summed E-state index contributed by atoms with van der Waals surface area (Å²) in [6.07, 6.45) is 1.72. The average Bonchev–Trinajstić information content (AvgIpc) is 2.18. The lowest BCUT2D eigenvalue weighted by atomic mass is 9.97. The summed E-state index contributed by atoms with van der Waals surface area (Å²) >= 11 is 0. The Morgan fingerprint density at radius 2 is 2.14 bits per heavy atom. The minimum Gasteiger partial charge on any atom is -0.449 e. The van der Waals surface area contributed by atoms with Gasteiger partial charge in [0.1, 0.15) is 0 Å². The summed E-state index contributed by atoms with van der Waals surface area (Å²) in [5.74, 6) is 0.0484. The van der Waals surface area contributed by atoms with E-state index in [0.29, 0.717) is 0 Å². The van der Waals surface area contributed by atoms with Crippen molar-refractivity contribution in [3.8, 4) is 0 Å². The minimum atomic E-state index is -0.438. The largest absolute Gasteiger partial charge is 0.449 e. The maximum absolute atomic E-state index is 10.8. The summed E-state index contributed by atoms with van der Waals surface area (Å²) in [6.45, 7) is 4.30. The Morgan fingerprint density at radius 3 is 2.57 bits per heavy atom. The summed E-state index contributed by atoms with van der Waals surface area (Å²) in [6, 6.07) is 0. The van der Waals surface area contributed by atoms with E-state index in [2.05, 4.69) is 5.32 Å². The van der Waals surface area contributed by atoms with E-state index in [4.69, 9.17) is 4.74 Å². The van der Waals surface area contributed by atoms with E-state index in [1.807, 2.05) is 13.8 Å². The second kappa shape index (κ2) is 7.62. The average molecular weight is 203 g/mol. The van der Waals surface area contributed by atoms with Crippen molar-refractivity contribution in [2.45, 2.75) is 39.2 Å². The molecule has 0 aliphatic rings. The van der Waals surface area contributed by atoms with Crippen LogP contribution in [0.4, 0.5) is 4.79 Å². The predicted octanol–water partition coefficient (Wildman–Crippen LogP) is 1.53. The molecule has 14 heavy (non-hydrogen) atoms. The molecule has 0 rings (SSSR count). The Bertz CT molecular complexity index is 161. The maximum Gasteiger partial charge on any atom is 0.406 e. The van der Waals surface area contributed by atoms with Crippen LogP contribution in [0.2, 0.25) is 0 Å². The van der Waals surface area contributed by atoms with Gasteiger partial charge in [-0.1, -0.05) is 20.3 Å². The first-order chi connectivity index (χ1) is 6.65. The van der Waals surface area contributed by atoms with Crippen molar-refractivity contribution in [3.05, 3.63) is 0 Å². The van der Waals surface area contributed by atoms with Crippen LogP contribution in [0.1, 0.15) is 33.1 Å². The van der Waals surface area contributed by atoms with Crippen LogP contribution in [0.15, 0.2) is 0 Å². The molecule has 1 amide bonds. The summed E-state index contributed by atoms with van der Waals surface area (Å²) in [5, 5.41) is 12.1. The first kappa shape index (κ1) is 13.2. The molecule has 0 heterocycles. The van der Waals surface area contributed by atoms with Gasteiger partial charge in [0.2, 0.25) is 0 Å². The lowest BCUT2D eigenvalue weighted by Gasteiger charge is -2.20. The first-order valence-corrected chi connectivity index (χ1v) is 5.18. The fourth-order valence-electron chi connectivity index (χ4n) is 1.29. The van der Waals surface area contributed by atoms with Crippen LogP contribution < -0.4 is 5.32 Å². The third-order valence-corrected chi connectivity index (χ3v) is 2.29. The predicted molar refractivity (Wildman–Crippen MR) is 55.1 cm³/mol. The number of aliphatic hydroxyl groups excluding tert-OH is 1. The van der Waals surface area contributed by atoms with Gasteiger partial charge in [-0.05, 0) is 12.8 Å². The summed E-state index contributed by atoms with van der Waals surface area (Å²) in [4.78, 5) is 10.8. The Labute approximate surface area is 85.6 Å². The van der Waals surface area contributed by atoms with Gasteiger partial charge in [0, 0.05) is 13.0 Å². The smallest absolute Gasteiger partial charge is 0.406 e. The fourth-order valence-corrected chi connectivity index (χ4v) is 1.29. The van der Waals surface area contributed by atoms with Crippen LogP contribution >= 0.6 is 0 Å². The second-order valence-corrected chi connectivity index (χ2v) is 3.37. The van der Waals surface area contributed by atoms with Crippen LogP contribution in [0.3, 0.4) is 0 Å².